The van der Waals surface area contributed by atoms with Gasteiger partial charge in [-0.1, -0.05) is 6.92 Å². The molecule has 1 aromatic heterocycles. The fourth-order valence-electron chi connectivity index (χ4n) is 2.01. The Morgan fingerprint density at radius 3 is 3.00 bits per heavy atom. The number of rotatable bonds is 1. The molecule has 60 valence electrons. The van der Waals surface area contributed by atoms with E-state index in [0.717, 1.165) is 6.42 Å². The SMILES string of the molecule is CCc1[nH]cc2c1CCCC2. The van der Waals surface area contributed by atoms with Gasteiger partial charge in [0, 0.05) is 11.9 Å². The van der Waals surface area contributed by atoms with Crippen molar-refractivity contribution >= 4 is 0 Å². The van der Waals surface area contributed by atoms with Gasteiger partial charge in [-0.05, 0) is 43.2 Å². The molecule has 0 atom stereocenters. The zero-order chi connectivity index (χ0) is 7.68. The van der Waals surface area contributed by atoms with E-state index in [-0.39, 0.29) is 0 Å². The van der Waals surface area contributed by atoms with Gasteiger partial charge in [-0.2, -0.15) is 0 Å². The Kier molecular flexibility index (Phi) is 1.72. The fourth-order valence-corrected chi connectivity index (χ4v) is 2.01. The zero-order valence-electron chi connectivity index (χ0n) is 7.11. The Balaban J connectivity index is 2.38. The lowest BCUT2D eigenvalue weighted by Crippen LogP contribution is -2.00. The Hall–Kier alpha value is -0.720. The molecule has 0 bridgehead atoms. The molecule has 0 aliphatic heterocycles. The standard InChI is InChI=1S/C10H15N/c1-2-10-9-6-4-3-5-8(9)7-11-10/h7,11H,2-6H2,1H3. The van der Waals surface area contributed by atoms with Crippen molar-refractivity contribution in [1.82, 2.24) is 4.98 Å². The van der Waals surface area contributed by atoms with Crippen LogP contribution in [0.5, 0.6) is 0 Å². The van der Waals surface area contributed by atoms with Crippen molar-refractivity contribution in [2.45, 2.75) is 39.0 Å². The number of aromatic amines is 1. The van der Waals surface area contributed by atoms with Crippen LogP contribution < -0.4 is 0 Å². The van der Waals surface area contributed by atoms with Crippen molar-refractivity contribution < 1.29 is 0 Å². The monoisotopic (exact) mass is 149 g/mol. The van der Waals surface area contributed by atoms with Crippen LogP contribution in [-0.2, 0) is 19.3 Å². The first-order valence-corrected chi connectivity index (χ1v) is 4.60. The van der Waals surface area contributed by atoms with E-state index in [4.69, 9.17) is 0 Å². The number of aromatic nitrogens is 1. The van der Waals surface area contributed by atoms with Crippen LogP contribution in [0, 0.1) is 0 Å². The van der Waals surface area contributed by atoms with Gasteiger partial charge >= 0.3 is 0 Å². The van der Waals surface area contributed by atoms with Crippen molar-refractivity contribution in [3.05, 3.63) is 23.0 Å². The lowest BCUT2D eigenvalue weighted by molar-refractivity contribution is 0.685. The molecule has 0 saturated heterocycles. The number of aryl methyl sites for hydroxylation is 2. The minimum absolute atomic E-state index is 1.16. The molecule has 1 nitrogen and oxygen atoms in total. The van der Waals surface area contributed by atoms with E-state index in [0.29, 0.717) is 0 Å². The maximum Gasteiger partial charge on any atom is 0.0179 e. The van der Waals surface area contributed by atoms with E-state index >= 15 is 0 Å². The summed E-state index contributed by atoms with van der Waals surface area (Å²) in [6, 6.07) is 0. The van der Waals surface area contributed by atoms with Gasteiger partial charge in [0.05, 0.1) is 0 Å². The number of hydrogen-bond donors (Lipinski definition) is 1. The van der Waals surface area contributed by atoms with Crippen LogP contribution in [0.4, 0.5) is 0 Å². The van der Waals surface area contributed by atoms with Gasteiger partial charge in [0.25, 0.3) is 0 Å². The third-order valence-corrected chi connectivity index (χ3v) is 2.65. The molecule has 1 aromatic rings. The lowest BCUT2D eigenvalue weighted by Gasteiger charge is -2.11. The molecule has 0 fully saturated rings. The maximum atomic E-state index is 3.37. The number of hydrogen-bond acceptors (Lipinski definition) is 0. The van der Waals surface area contributed by atoms with Gasteiger partial charge in [-0.15, -0.1) is 0 Å². The molecule has 0 amide bonds. The third kappa shape index (κ3) is 1.09. The average Bonchev–Trinajstić information content (AvgIpc) is 2.47. The van der Waals surface area contributed by atoms with Crippen molar-refractivity contribution in [3.63, 3.8) is 0 Å². The second-order valence-electron chi connectivity index (χ2n) is 3.33. The first-order chi connectivity index (χ1) is 5.42. The minimum atomic E-state index is 1.16. The van der Waals surface area contributed by atoms with Crippen LogP contribution in [0.25, 0.3) is 0 Å². The fraction of sp³-hybridized carbons (Fsp3) is 0.600. The molecule has 0 radical (unpaired) electrons. The second kappa shape index (κ2) is 2.72. The predicted molar refractivity (Wildman–Crippen MR) is 46.8 cm³/mol. The molecule has 0 spiro atoms. The van der Waals surface area contributed by atoms with Crippen LogP contribution in [0.2, 0.25) is 0 Å². The molecule has 1 N–H and O–H groups in total. The van der Waals surface area contributed by atoms with Crippen molar-refractivity contribution in [2.24, 2.45) is 0 Å². The molecule has 0 aromatic carbocycles. The summed E-state index contributed by atoms with van der Waals surface area (Å²) in [6.07, 6.45) is 8.74. The van der Waals surface area contributed by atoms with E-state index in [1.807, 2.05) is 0 Å². The Morgan fingerprint density at radius 2 is 2.18 bits per heavy atom. The van der Waals surface area contributed by atoms with Crippen LogP contribution in [0.3, 0.4) is 0 Å². The topological polar surface area (TPSA) is 15.8 Å². The van der Waals surface area contributed by atoms with Crippen LogP contribution in [-0.4, -0.2) is 4.98 Å². The molecule has 1 heteroatoms. The number of fused-ring (bicyclic) bond motifs is 1. The van der Waals surface area contributed by atoms with E-state index in [9.17, 15) is 0 Å². The summed E-state index contributed by atoms with van der Waals surface area (Å²) in [4.78, 5) is 3.37. The van der Waals surface area contributed by atoms with Crippen molar-refractivity contribution in [2.75, 3.05) is 0 Å². The van der Waals surface area contributed by atoms with Crippen molar-refractivity contribution in [1.29, 1.82) is 0 Å². The Labute approximate surface area is 67.8 Å². The highest BCUT2D eigenvalue weighted by atomic mass is 14.7. The second-order valence-corrected chi connectivity index (χ2v) is 3.33. The van der Waals surface area contributed by atoms with Crippen molar-refractivity contribution in [3.8, 4) is 0 Å². The molecule has 1 aliphatic rings. The molecular formula is C10H15N. The first-order valence-electron chi connectivity index (χ1n) is 4.60. The predicted octanol–water partition coefficient (Wildman–Crippen LogP) is 2.46. The lowest BCUT2D eigenvalue weighted by atomic mass is 9.93. The summed E-state index contributed by atoms with van der Waals surface area (Å²) in [5.74, 6) is 0. The van der Waals surface area contributed by atoms with Gasteiger partial charge in [-0.3, -0.25) is 0 Å². The van der Waals surface area contributed by atoms with Crippen LogP contribution >= 0.6 is 0 Å². The Bertz CT molecular complexity index is 234. The minimum Gasteiger partial charge on any atom is -0.364 e. The summed E-state index contributed by atoms with van der Waals surface area (Å²) in [6.45, 7) is 2.22. The zero-order valence-corrected chi connectivity index (χ0v) is 7.11. The van der Waals surface area contributed by atoms with Gasteiger partial charge in [0.15, 0.2) is 0 Å². The third-order valence-electron chi connectivity index (χ3n) is 2.65. The highest BCUT2D eigenvalue weighted by Gasteiger charge is 2.12. The molecular weight excluding hydrogens is 134 g/mol. The molecule has 1 aliphatic carbocycles. The molecule has 11 heavy (non-hydrogen) atoms. The first kappa shape index (κ1) is 6.96. The quantitative estimate of drug-likeness (QED) is 0.631. The summed E-state index contributed by atoms with van der Waals surface area (Å²) in [5.41, 5.74) is 4.67. The highest BCUT2D eigenvalue weighted by Crippen LogP contribution is 2.24. The maximum absolute atomic E-state index is 3.37. The number of H-pyrrole nitrogens is 1. The normalized spacial score (nSPS) is 16.5. The molecule has 0 unspecified atom stereocenters. The molecule has 2 rings (SSSR count). The summed E-state index contributed by atoms with van der Waals surface area (Å²) >= 11 is 0. The van der Waals surface area contributed by atoms with Gasteiger partial charge in [0.2, 0.25) is 0 Å². The van der Waals surface area contributed by atoms with Gasteiger partial charge in [0.1, 0.15) is 0 Å². The highest BCUT2D eigenvalue weighted by molar-refractivity contribution is 5.32. The summed E-state index contributed by atoms with van der Waals surface area (Å²) in [5, 5.41) is 0. The summed E-state index contributed by atoms with van der Waals surface area (Å²) < 4.78 is 0. The number of nitrogens with one attached hydrogen (secondary N) is 1. The average molecular weight is 149 g/mol. The van der Waals surface area contributed by atoms with E-state index in [2.05, 4.69) is 18.1 Å². The van der Waals surface area contributed by atoms with Crippen LogP contribution in [0.1, 0.15) is 36.6 Å². The largest absolute Gasteiger partial charge is 0.364 e. The van der Waals surface area contributed by atoms with Gasteiger partial charge in [-0.25, -0.2) is 0 Å². The van der Waals surface area contributed by atoms with E-state index < -0.39 is 0 Å². The smallest absolute Gasteiger partial charge is 0.0179 e. The van der Waals surface area contributed by atoms with E-state index in [1.54, 1.807) is 11.1 Å². The molecule has 1 heterocycles. The van der Waals surface area contributed by atoms with Gasteiger partial charge < -0.3 is 4.98 Å². The molecule has 0 saturated carbocycles. The summed E-state index contributed by atoms with van der Waals surface area (Å²) in [7, 11) is 0. The van der Waals surface area contributed by atoms with E-state index in [1.165, 1.54) is 31.4 Å². The Morgan fingerprint density at radius 1 is 1.36 bits per heavy atom. The van der Waals surface area contributed by atoms with Crippen LogP contribution in [0.15, 0.2) is 6.20 Å².